The van der Waals surface area contributed by atoms with E-state index in [0.29, 0.717) is 0 Å². The molecule has 3 nitrogen and oxygen atoms in total. The largest absolute Gasteiger partial charge is 0.347 e. The molecule has 0 bridgehead atoms. The molecule has 2 aromatic heterocycles. The quantitative estimate of drug-likeness (QED) is 0.699. The molecule has 0 fully saturated rings. The summed E-state index contributed by atoms with van der Waals surface area (Å²) in [7, 11) is 4.49. The van der Waals surface area contributed by atoms with E-state index in [0.717, 1.165) is 38.0 Å². The summed E-state index contributed by atoms with van der Waals surface area (Å²) < 4.78 is 2.48. The minimum atomic E-state index is 1.08. The minimum absolute atomic E-state index is 1.08. The van der Waals surface area contributed by atoms with Crippen molar-refractivity contribution in [3.05, 3.63) is 64.1 Å². The van der Waals surface area contributed by atoms with E-state index in [1.54, 1.807) is 5.56 Å². The number of rotatable bonds is 4. The molecule has 0 unspecified atom stereocenters. The molecule has 0 saturated heterocycles. The fraction of sp³-hybridized carbons (Fsp3) is 0.435. The van der Waals surface area contributed by atoms with E-state index in [-0.39, 0.29) is 0 Å². The topological polar surface area (TPSA) is 21.1 Å². The zero-order valence-corrected chi connectivity index (χ0v) is 16.5. The third-order valence-electron chi connectivity index (χ3n) is 5.78. The van der Waals surface area contributed by atoms with Crippen LogP contribution in [0.1, 0.15) is 40.1 Å². The second-order valence-electron chi connectivity index (χ2n) is 7.95. The van der Waals surface area contributed by atoms with Crippen molar-refractivity contribution in [1.29, 1.82) is 0 Å². The summed E-state index contributed by atoms with van der Waals surface area (Å²) in [5.41, 5.74) is 9.94. The third-order valence-corrected chi connectivity index (χ3v) is 5.78. The normalized spacial score (nSPS) is 14.8. The second kappa shape index (κ2) is 6.88. The van der Waals surface area contributed by atoms with Gasteiger partial charge in [-0.3, -0.25) is 4.98 Å². The highest BCUT2D eigenvalue weighted by Gasteiger charge is 2.22. The lowest BCUT2D eigenvalue weighted by atomic mass is 9.98. The molecule has 26 heavy (non-hydrogen) atoms. The maximum absolute atomic E-state index is 4.31. The highest BCUT2D eigenvalue weighted by atomic mass is 15.1. The Morgan fingerprint density at radius 3 is 2.73 bits per heavy atom. The van der Waals surface area contributed by atoms with E-state index in [9.17, 15) is 0 Å². The predicted molar refractivity (Wildman–Crippen MR) is 109 cm³/mol. The zero-order chi connectivity index (χ0) is 18.3. The molecule has 0 amide bonds. The smallest absolute Gasteiger partial charge is 0.0516 e. The Labute approximate surface area is 156 Å². The third kappa shape index (κ3) is 3.16. The Balaban J connectivity index is 1.64. The molecule has 3 heteroatoms. The van der Waals surface area contributed by atoms with Gasteiger partial charge in [-0.1, -0.05) is 11.6 Å². The first-order valence-electron chi connectivity index (χ1n) is 9.72. The molecular formula is C23H29N3. The fourth-order valence-corrected chi connectivity index (χ4v) is 4.55. The fourth-order valence-electron chi connectivity index (χ4n) is 4.55. The van der Waals surface area contributed by atoms with Gasteiger partial charge in [0.05, 0.1) is 5.52 Å². The van der Waals surface area contributed by atoms with Crippen molar-refractivity contribution in [3.8, 4) is 0 Å². The van der Waals surface area contributed by atoms with Crippen LogP contribution in [-0.2, 0) is 32.9 Å². The number of aromatic nitrogens is 2. The molecule has 0 aliphatic carbocycles. The zero-order valence-electron chi connectivity index (χ0n) is 16.5. The molecule has 0 saturated carbocycles. The van der Waals surface area contributed by atoms with Gasteiger partial charge in [0.2, 0.25) is 0 Å². The maximum Gasteiger partial charge on any atom is 0.0516 e. The van der Waals surface area contributed by atoms with E-state index in [1.807, 2.05) is 6.20 Å². The number of benzene rings is 1. The molecule has 0 N–H and O–H groups in total. The van der Waals surface area contributed by atoms with E-state index >= 15 is 0 Å². The lowest BCUT2D eigenvalue weighted by Gasteiger charge is -2.23. The summed E-state index contributed by atoms with van der Waals surface area (Å²) in [6.45, 7) is 6.54. The van der Waals surface area contributed by atoms with Gasteiger partial charge in [-0.2, -0.15) is 0 Å². The molecule has 1 aliphatic rings. The lowest BCUT2D eigenvalue weighted by Crippen LogP contribution is -2.26. The van der Waals surface area contributed by atoms with E-state index in [1.165, 1.54) is 39.7 Å². The summed E-state index contributed by atoms with van der Waals surface area (Å²) in [4.78, 5) is 6.75. The van der Waals surface area contributed by atoms with Crippen LogP contribution in [0.5, 0.6) is 0 Å². The molecule has 0 radical (unpaired) electrons. The van der Waals surface area contributed by atoms with Crippen LogP contribution in [0.3, 0.4) is 0 Å². The number of hydrogen-bond donors (Lipinski definition) is 0. The number of pyridine rings is 1. The molecule has 0 atom stereocenters. The standard InChI is InChI=1S/C23H29N3/c1-16-12-19(7-5-6-18-8-10-24-17(2)14-18)23-20(13-16)21-15-25(3)11-9-22(21)26(23)4/h8,10,12-14H,5-7,9,11,15H2,1-4H3. The number of fused-ring (bicyclic) bond motifs is 3. The summed E-state index contributed by atoms with van der Waals surface area (Å²) >= 11 is 0. The Kier molecular flexibility index (Phi) is 4.58. The van der Waals surface area contributed by atoms with Crippen molar-refractivity contribution in [1.82, 2.24) is 14.5 Å². The van der Waals surface area contributed by atoms with Gasteiger partial charge in [-0.25, -0.2) is 0 Å². The minimum Gasteiger partial charge on any atom is -0.347 e. The van der Waals surface area contributed by atoms with Gasteiger partial charge >= 0.3 is 0 Å². The first-order chi connectivity index (χ1) is 12.5. The molecular weight excluding hydrogens is 318 g/mol. The first kappa shape index (κ1) is 17.3. The molecule has 3 aromatic rings. The van der Waals surface area contributed by atoms with Crippen molar-refractivity contribution in [2.75, 3.05) is 13.6 Å². The monoisotopic (exact) mass is 347 g/mol. The van der Waals surface area contributed by atoms with Crippen LogP contribution in [0, 0.1) is 13.8 Å². The van der Waals surface area contributed by atoms with Gasteiger partial charge in [0.25, 0.3) is 0 Å². The Morgan fingerprint density at radius 1 is 1.08 bits per heavy atom. The first-order valence-corrected chi connectivity index (χ1v) is 9.72. The summed E-state index contributed by atoms with van der Waals surface area (Å²) in [5, 5.41) is 1.48. The molecule has 1 aromatic carbocycles. The summed E-state index contributed by atoms with van der Waals surface area (Å²) in [6, 6.07) is 9.15. The Hall–Kier alpha value is -2.13. The van der Waals surface area contributed by atoms with Crippen LogP contribution < -0.4 is 0 Å². The van der Waals surface area contributed by atoms with Crippen LogP contribution >= 0.6 is 0 Å². The van der Waals surface area contributed by atoms with Crippen LogP contribution in [0.2, 0.25) is 0 Å². The van der Waals surface area contributed by atoms with Gasteiger partial charge in [0, 0.05) is 49.5 Å². The van der Waals surface area contributed by atoms with Crippen molar-refractivity contribution >= 4 is 10.9 Å². The lowest BCUT2D eigenvalue weighted by molar-refractivity contribution is 0.310. The van der Waals surface area contributed by atoms with Gasteiger partial charge in [-0.15, -0.1) is 0 Å². The van der Waals surface area contributed by atoms with Crippen molar-refractivity contribution in [2.24, 2.45) is 7.05 Å². The van der Waals surface area contributed by atoms with Crippen LogP contribution in [-0.4, -0.2) is 28.0 Å². The average molecular weight is 348 g/mol. The van der Waals surface area contributed by atoms with Crippen molar-refractivity contribution in [2.45, 2.75) is 46.1 Å². The van der Waals surface area contributed by atoms with E-state index < -0.39 is 0 Å². The number of aryl methyl sites for hydroxylation is 5. The van der Waals surface area contributed by atoms with Crippen molar-refractivity contribution < 1.29 is 0 Å². The molecule has 136 valence electrons. The van der Waals surface area contributed by atoms with Gasteiger partial charge < -0.3 is 9.47 Å². The van der Waals surface area contributed by atoms with Crippen LogP contribution in [0.4, 0.5) is 0 Å². The molecule has 0 spiro atoms. The van der Waals surface area contributed by atoms with Gasteiger partial charge in [0.1, 0.15) is 0 Å². The second-order valence-corrected chi connectivity index (χ2v) is 7.95. The summed E-state index contributed by atoms with van der Waals surface area (Å²) in [6.07, 6.45) is 6.51. The van der Waals surface area contributed by atoms with Crippen LogP contribution in [0.25, 0.3) is 10.9 Å². The Morgan fingerprint density at radius 2 is 1.92 bits per heavy atom. The van der Waals surface area contributed by atoms with Gasteiger partial charge in [0.15, 0.2) is 0 Å². The molecule has 4 rings (SSSR count). The number of hydrogen-bond acceptors (Lipinski definition) is 2. The number of likely N-dealkylation sites (N-methyl/N-ethyl adjacent to an activating group) is 1. The SMILES string of the molecule is Cc1cc(CCCc2ccnc(C)c2)c2c(c1)c1c(n2C)CCN(C)C1. The Bertz CT molecular complexity index is 952. The molecule has 3 heterocycles. The van der Waals surface area contributed by atoms with Crippen LogP contribution in [0.15, 0.2) is 30.5 Å². The average Bonchev–Trinajstić information content (AvgIpc) is 2.87. The predicted octanol–water partition coefficient (Wildman–Crippen LogP) is 4.35. The summed E-state index contributed by atoms with van der Waals surface area (Å²) in [5.74, 6) is 0. The van der Waals surface area contributed by atoms with E-state index in [4.69, 9.17) is 0 Å². The van der Waals surface area contributed by atoms with Gasteiger partial charge in [-0.05, 0) is 75.0 Å². The van der Waals surface area contributed by atoms with E-state index in [2.05, 4.69) is 66.7 Å². The highest BCUT2D eigenvalue weighted by molar-refractivity contribution is 5.89. The highest BCUT2D eigenvalue weighted by Crippen LogP contribution is 2.33. The molecule has 1 aliphatic heterocycles. The number of nitrogens with zero attached hydrogens (tertiary/aromatic N) is 3. The van der Waals surface area contributed by atoms with Crippen molar-refractivity contribution in [3.63, 3.8) is 0 Å². The maximum atomic E-state index is 4.31.